The molecule has 0 aliphatic rings. The van der Waals surface area contributed by atoms with Gasteiger partial charge in [-0.3, -0.25) is 4.57 Å². The van der Waals surface area contributed by atoms with Crippen molar-refractivity contribution in [1.29, 1.82) is 0 Å². The third-order valence-corrected chi connectivity index (χ3v) is 1.51. The second-order valence-electron chi connectivity index (χ2n) is 1.67. The molecule has 0 saturated heterocycles. The fraction of sp³-hybridized carbons (Fsp3) is 0.833. The van der Waals surface area contributed by atoms with E-state index in [-0.39, 0.29) is 13.2 Å². The Balaban J connectivity index is 4.25. The minimum atomic E-state index is -1.81. The molecule has 0 atom stereocenters. The molecular weight excluding hydrogens is 183 g/mol. The summed E-state index contributed by atoms with van der Waals surface area (Å²) in [5.41, 5.74) is -1.81. The monoisotopic (exact) mass is 193 g/mol. The third kappa shape index (κ3) is 3.26. The molecule has 0 heterocycles. The second-order valence-corrected chi connectivity index (χ2v) is 2.40. The first-order valence-corrected chi connectivity index (χ1v) is 4.23. The van der Waals surface area contributed by atoms with Gasteiger partial charge in [-0.2, -0.15) is 0 Å². The minimum absolute atomic E-state index is 0.219. The standard InChI is InChI=1S/C6H10O5P/c1-3-9-6(12-8,10-4-2)11-5-7/h3-4H2,1-2H3. The van der Waals surface area contributed by atoms with Crippen LogP contribution in [0.5, 0.6) is 0 Å². The van der Waals surface area contributed by atoms with Crippen LogP contribution in [0.1, 0.15) is 13.8 Å². The van der Waals surface area contributed by atoms with Gasteiger partial charge >= 0.3 is 12.2 Å². The Morgan fingerprint density at radius 3 is 2.08 bits per heavy atom. The van der Waals surface area contributed by atoms with Crippen molar-refractivity contribution in [3.63, 3.8) is 0 Å². The quantitative estimate of drug-likeness (QED) is 0.446. The van der Waals surface area contributed by atoms with Crippen molar-refractivity contribution in [1.82, 2.24) is 0 Å². The van der Waals surface area contributed by atoms with Gasteiger partial charge in [-0.1, -0.05) is 0 Å². The van der Waals surface area contributed by atoms with E-state index in [1.807, 2.05) is 0 Å². The van der Waals surface area contributed by atoms with Crippen molar-refractivity contribution in [3.05, 3.63) is 0 Å². The summed E-state index contributed by atoms with van der Waals surface area (Å²) in [5, 5.41) is 0. The molecule has 0 unspecified atom stereocenters. The van der Waals surface area contributed by atoms with Gasteiger partial charge in [0.15, 0.2) is 0 Å². The van der Waals surface area contributed by atoms with Crippen LogP contribution in [0, 0.1) is 0 Å². The summed E-state index contributed by atoms with van der Waals surface area (Å²) in [7, 11) is -0.564. The lowest BCUT2D eigenvalue weighted by molar-refractivity contribution is -0.284. The molecule has 12 heavy (non-hydrogen) atoms. The van der Waals surface area contributed by atoms with E-state index in [0.29, 0.717) is 0 Å². The lowest BCUT2D eigenvalue weighted by Crippen LogP contribution is -2.32. The fourth-order valence-electron chi connectivity index (χ4n) is 0.589. The summed E-state index contributed by atoms with van der Waals surface area (Å²) in [6.07, 6.45) is 0. The molecule has 0 aromatic heterocycles. The molecule has 0 fully saturated rings. The average molecular weight is 193 g/mol. The summed E-state index contributed by atoms with van der Waals surface area (Å²) in [6, 6.07) is 0. The Labute approximate surface area is 72.2 Å². The average Bonchev–Trinajstić information content (AvgIpc) is 2.06. The highest BCUT2D eigenvalue weighted by molar-refractivity contribution is 7.25. The van der Waals surface area contributed by atoms with Crippen molar-refractivity contribution in [2.24, 2.45) is 0 Å². The molecule has 0 bridgehead atoms. The van der Waals surface area contributed by atoms with Gasteiger partial charge in [0.25, 0.3) is 8.46 Å². The molecule has 0 amide bonds. The Bertz CT molecular complexity index is 143. The maximum atomic E-state index is 10.5. The van der Waals surface area contributed by atoms with Gasteiger partial charge in [0.1, 0.15) is 0 Å². The first kappa shape index (κ1) is 11.5. The Morgan fingerprint density at radius 2 is 1.83 bits per heavy atom. The van der Waals surface area contributed by atoms with E-state index in [0.717, 1.165) is 6.47 Å². The highest BCUT2D eigenvalue weighted by Crippen LogP contribution is 2.26. The highest BCUT2D eigenvalue weighted by Gasteiger charge is 2.35. The van der Waals surface area contributed by atoms with Crippen molar-refractivity contribution < 1.29 is 23.6 Å². The molecule has 5 nitrogen and oxygen atoms in total. The van der Waals surface area contributed by atoms with Crippen LogP contribution >= 0.6 is 8.46 Å². The van der Waals surface area contributed by atoms with Crippen LogP contribution in [0.25, 0.3) is 0 Å². The number of hydrogen-bond donors (Lipinski definition) is 0. The summed E-state index contributed by atoms with van der Waals surface area (Å²) < 4.78 is 24.5. The molecule has 0 aromatic rings. The van der Waals surface area contributed by atoms with Gasteiger partial charge in [0.05, 0.1) is 13.2 Å². The molecule has 0 aromatic carbocycles. The predicted molar refractivity (Wildman–Crippen MR) is 40.4 cm³/mol. The Hall–Kier alpha value is -0.510. The smallest absolute Gasteiger partial charge is 0.390 e. The van der Waals surface area contributed by atoms with Crippen LogP contribution in [-0.4, -0.2) is 25.4 Å². The van der Waals surface area contributed by atoms with Gasteiger partial charge < -0.3 is 14.2 Å². The highest BCUT2D eigenvalue weighted by atomic mass is 31.1. The number of rotatable bonds is 7. The van der Waals surface area contributed by atoms with Crippen LogP contribution in [0.4, 0.5) is 0 Å². The van der Waals surface area contributed by atoms with Gasteiger partial charge in [-0.25, -0.2) is 4.79 Å². The van der Waals surface area contributed by atoms with Crippen LogP contribution in [-0.2, 0) is 23.6 Å². The van der Waals surface area contributed by atoms with Crippen LogP contribution in [0.3, 0.4) is 0 Å². The van der Waals surface area contributed by atoms with Gasteiger partial charge in [0.2, 0.25) is 0 Å². The first-order valence-electron chi connectivity index (χ1n) is 3.42. The summed E-state index contributed by atoms with van der Waals surface area (Å²) in [6.45, 7) is 4.88. The van der Waals surface area contributed by atoms with Crippen molar-refractivity contribution in [3.8, 4) is 0 Å². The molecular formula is C6H10O5P. The summed E-state index contributed by atoms with van der Waals surface area (Å²) >= 11 is 0. The lowest BCUT2D eigenvalue weighted by Gasteiger charge is -2.22. The van der Waals surface area contributed by atoms with Crippen molar-refractivity contribution >= 4 is 14.9 Å². The summed E-state index contributed by atoms with van der Waals surface area (Å²) in [5.74, 6) is 0. The molecule has 0 rings (SSSR count). The number of hydrogen-bond acceptors (Lipinski definition) is 5. The van der Waals surface area contributed by atoms with Gasteiger partial charge in [-0.15, -0.1) is 0 Å². The molecule has 69 valence electrons. The summed E-state index contributed by atoms with van der Waals surface area (Å²) in [4.78, 5) is 9.88. The largest absolute Gasteiger partial charge is 0.422 e. The van der Waals surface area contributed by atoms with E-state index < -0.39 is 14.2 Å². The van der Waals surface area contributed by atoms with Crippen LogP contribution < -0.4 is 0 Å². The molecule has 0 N–H and O–H groups in total. The molecule has 0 aliphatic carbocycles. The van der Waals surface area contributed by atoms with E-state index in [9.17, 15) is 9.36 Å². The van der Waals surface area contributed by atoms with Crippen LogP contribution in [0.2, 0.25) is 0 Å². The lowest BCUT2D eigenvalue weighted by atomic mass is 10.8. The van der Waals surface area contributed by atoms with E-state index >= 15 is 0 Å². The van der Waals surface area contributed by atoms with Gasteiger partial charge in [-0.05, 0) is 13.8 Å². The normalized spacial score (nSPS) is 11.5. The molecule has 0 spiro atoms. The zero-order valence-electron chi connectivity index (χ0n) is 6.90. The number of ether oxygens (including phenoxy) is 3. The van der Waals surface area contributed by atoms with E-state index in [2.05, 4.69) is 4.74 Å². The second kappa shape index (κ2) is 6.06. The molecule has 6 heteroatoms. The third-order valence-electron chi connectivity index (χ3n) is 0.936. The number of carbonyl (C=O) groups excluding carboxylic acids is 1. The topological polar surface area (TPSA) is 61.8 Å². The van der Waals surface area contributed by atoms with Gasteiger partial charge in [0, 0.05) is 0 Å². The first-order chi connectivity index (χ1) is 5.74. The Kier molecular flexibility index (Phi) is 5.80. The minimum Gasteiger partial charge on any atom is -0.390 e. The Morgan fingerprint density at radius 1 is 1.33 bits per heavy atom. The fourth-order valence-corrected chi connectivity index (χ4v) is 1.03. The SMILES string of the molecule is CCOC(O[C]=O)(OCC)P=O. The van der Waals surface area contributed by atoms with Crippen LogP contribution in [0.15, 0.2) is 0 Å². The van der Waals surface area contributed by atoms with E-state index in [1.54, 1.807) is 13.8 Å². The maximum absolute atomic E-state index is 10.5. The molecule has 0 saturated carbocycles. The zero-order chi connectivity index (χ0) is 9.45. The van der Waals surface area contributed by atoms with E-state index in [1.165, 1.54) is 0 Å². The van der Waals surface area contributed by atoms with Crippen molar-refractivity contribution in [2.45, 2.75) is 19.6 Å². The van der Waals surface area contributed by atoms with E-state index in [4.69, 9.17) is 9.47 Å². The maximum Gasteiger partial charge on any atom is 0.422 e. The molecule has 0 aliphatic heterocycles. The molecule has 1 radical (unpaired) electrons. The zero-order valence-corrected chi connectivity index (χ0v) is 7.80. The van der Waals surface area contributed by atoms with Crippen molar-refractivity contribution in [2.75, 3.05) is 13.2 Å². The predicted octanol–water partition coefficient (Wildman–Crippen LogP) is 1.05.